The van der Waals surface area contributed by atoms with Crippen LogP contribution in [-0.4, -0.2) is 22.5 Å². The first-order valence-electron chi connectivity index (χ1n) is 7.75. The standard InChI is InChI=1S/C16H25N3/c17-10-13-7-8-15(18-11-13)12-19-9-3-5-14-4-1-2-6-16(14)19/h7-8,11,14,16H,1-6,9-10,12,17H2/t14-,16-/m1/s1. The number of fused-ring (bicyclic) bond motifs is 1. The fraction of sp³-hybridized carbons (Fsp3) is 0.688. The Morgan fingerprint density at radius 2 is 2.00 bits per heavy atom. The number of pyridine rings is 1. The van der Waals surface area contributed by atoms with E-state index in [0.717, 1.165) is 24.1 Å². The van der Waals surface area contributed by atoms with E-state index in [1.54, 1.807) is 0 Å². The number of piperidine rings is 1. The summed E-state index contributed by atoms with van der Waals surface area (Å²) >= 11 is 0. The largest absolute Gasteiger partial charge is 0.326 e. The molecule has 1 aliphatic heterocycles. The van der Waals surface area contributed by atoms with Gasteiger partial charge in [-0.1, -0.05) is 18.9 Å². The van der Waals surface area contributed by atoms with Gasteiger partial charge in [-0.2, -0.15) is 0 Å². The van der Waals surface area contributed by atoms with Crippen LogP contribution < -0.4 is 5.73 Å². The molecule has 1 aromatic heterocycles. The van der Waals surface area contributed by atoms with Gasteiger partial charge in [0.15, 0.2) is 0 Å². The monoisotopic (exact) mass is 259 g/mol. The second-order valence-electron chi connectivity index (χ2n) is 6.09. The normalized spacial score (nSPS) is 28.1. The number of aromatic nitrogens is 1. The van der Waals surface area contributed by atoms with E-state index in [-0.39, 0.29) is 0 Å². The third-order valence-electron chi connectivity index (χ3n) is 4.84. The Morgan fingerprint density at radius 1 is 1.16 bits per heavy atom. The Balaban J connectivity index is 1.66. The maximum atomic E-state index is 5.62. The number of likely N-dealkylation sites (tertiary alicyclic amines) is 1. The second kappa shape index (κ2) is 6.02. The molecule has 0 spiro atoms. The lowest BCUT2D eigenvalue weighted by Gasteiger charge is -2.44. The molecule has 19 heavy (non-hydrogen) atoms. The van der Waals surface area contributed by atoms with Crippen LogP contribution in [0.5, 0.6) is 0 Å². The zero-order chi connectivity index (χ0) is 13.1. The minimum absolute atomic E-state index is 0.585. The van der Waals surface area contributed by atoms with Gasteiger partial charge >= 0.3 is 0 Å². The topological polar surface area (TPSA) is 42.1 Å². The van der Waals surface area contributed by atoms with Crippen LogP contribution in [-0.2, 0) is 13.1 Å². The molecule has 2 fully saturated rings. The minimum Gasteiger partial charge on any atom is -0.326 e. The van der Waals surface area contributed by atoms with Gasteiger partial charge in [0, 0.05) is 25.3 Å². The lowest BCUT2D eigenvalue weighted by Crippen LogP contribution is -2.46. The number of nitrogens with zero attached hydrogens (tertiary/aromatic N) is 2. The highest BCUT2D eigenvalue weighted by Crippen LogP contribution is 2.35. The van der Waals surface area contributed by atoms with E-state index in [1.807, 2.05) is 6.20 Å². The van der Waals surface area contributed by atoms with Gasteiger partial charge in [0.05, 0.1) is 5.69 Å². The van der Waals surface area contributed by atoms with Crippen molar-refractivity contribution >= 4 is 0 Å². The van der Waals surface area contributed by atoms with E-state index in [2.05, 4.69) is 22.0 Å². The minimum atomic E-state index is 0.585. The number of nitrogens with two attached hydrogens (primary N) is 1. The van der Waals surface area contributed by atoms with Crippen molar-refractivity contribution in [2.75, 3.05) is 6.54 Å². The average molecular weight is 259 g/mol. The van der Waals surface area contributed by atoms with Crippen molar-refractivity contribution in [3.8, 4) is 0 Å². The molecule has 0 bridgehead atoms. The lowest BCUT2D eigenvalue weighted by molar-refractivity contribution is 0.0537. The highest BCUT2D eigenvalue weighted by Gasteiger charge is 2.32. The maximum absolute atomic E-state index is 5.62. The van der Waals surface area contributed by atoms with Crippen molar-refractivity contribution in [3.63, 3.8) is 0 Å². The summed E-state index contributed by atoms with van der Waals surface area (Å²) in [6.07, 6.45) is 10.4. The number of rotatable bonds is 3. The summed E-state index contributed by atoms with van der Waals surface area (Å²) in [5.41, 5.74) is 7.94. The summed E-state index contributed by atoms with van der Waals surface area (Å²) in [6.45, 7) is 2.86. The summed E-state index contributed by atoms with van der Waals surface area (Å²) in [7, 11) is 0. The van der Waals surface area contributed by atoms with Crippen LogP contribution in [0.1, 0.15) is 49.8 Å². The molecular formula is C16H25N3. The zero-order valence-corrected chi connectivity index (χ0v) is 11.7. The molecular weight excluding hydrogens is 234 g/mol. The van der Waals surface area contributed by atoms with Crippen LogP contribution in [0.2, 0.25) is 0 Å². The Hall–Kier alpha value is -0.930. The van der Waals surface area contributed by atoms with E-state index in [9.17, 15) is 0 Å². The summed E-state index contributed by atoms with van der Waals surface area (Å²) in [5, 5.41) is 0. The molecule has 2 atom stereocenters. The van der Waals surface area contributed by atoms with Gasteiger partial charge in [0.25, 0.3) is 0 Å². The Kier molecular flexibility index (Phi) is 4.14. The van der Waals surface area contributed by atoms with Crippen LogP contribution in [0.15, 0.2) is 18.3 Å². The van der Waals surface area contributed by atoms with Crippen LogP contribution in [0.4, 0.5) is 0 Å². The summed E-state index contributed by atoms with van der Waals surface area (Å²) < 4.78 is 0. The van der Waals surface area contributed by atoms with Crippen molar-refractivity contribution < 1.29 is 0 Å². The van der Waals surface area contributed by atoms with E-state index in [0.29, 0.717) is 6.54 Å². The highest BCUT2D eigenvalue weighted by molar-refractivity contribution is 5.14. The zero-order valence-electron chi connectivity index (χ0n) is 11.7. The van der Waals surface area contributed by atoms with Gasteiger partial charge < -0.3 is 5.73 Å². The van der Waals surface area contributed by atoms with E-state index < -0.39 is 0 Å². The quantitative estimate of drug-likeness (QED) is 0.907. The fourth-order valence-corrected chi connectivity index (χ4v) is 3.80. The fourth-order valence-electron chi connectivity index (χ4n) is 3.80. The molecule has 3 heteroatoms. The molecule has 2 aliphatic rings. The molecule has 0 aromatic carbocycles. The molecule has 1 aromatic rings. The maximum Gasteiger partial charge on any atom is 0.0544 e. The van der Waals surface area contributed by atoms with Crippen LogP contribution in [0.3, 0.4) is 0 Å². The van der Waals surface area contributed by atoms with Crippen LogP contribution in [0, 0.1) is 5.92 Å². The van der Waals surface area contributed by atoms with Crippen molar-refractivity contribution in [1.82, 2.24) is 9.88 Å². The molecule has 104 valence electrons. The predicted octanol–water partition coefficient (Wildman–Crippen LogP) is 2.69. The van der Waals surface area contributed by atoms with Crippen molar-refractivity contribution in [1.29, 1.82) is 0 Å². The Morgan fingerprint density at radius 3 is 2.79 bits per heavy atom. The van der Waals surface area contributed by atoms with Gasteiger partial charge in [0.1, 0.15) is 0 Å². The van der Waals surface area contributed by atoms with Crippen molar-refractivity contribution in [2.45, 2.75) is 57.7 Å². The molecule has 2 N–H and O–H groups in total. The van der Waals surface area contributed by atoms with Gasteiger partial charge in [-0.3, -0.25) is 9.88 Å². The van der Waals surface area contributed by atoms with Crippen molar-refractivity contribution in [2.24, 2.45) is 11.7 Å². The SMILES string of the molecule is NCc1ccc(CN2CCC[C@H]3CCCC[C@H]32)nc1. The van der Waals surface area contributed by atoms with E-state index >= 15 is 0 Å². The third kappa shape index (κ3) is 2.98. The van der Waals surface area contributed by atoms with Gasteiger partial charge in [-0.25, -0.2) is 0 Å². The highest BCUT2D eigenvalue weighted by atomic mass is 15.2. The summed E-state index contributed by atoms with van der Waals surface area (Å²) in [6, 6.07) is 5.08. The average Bonchev–Trinajstić information content (AvgIpc) is 2.48. The Bertz CT molecular complexity index is 399. The van der Waals surface area contributed by atoms with Gasteiger partial charge in [-0.05, 0) is 49.8 Å². The van der Waals surface area contributed by atoms with E-state index in [4.69, 9.17) is 5.73 Å². The molecule has 3 nitrogen and oxygen atoms in total. The molecule has 2 heterocycles. The molecule has 0 amide bonds. The Labute approximate surface area is 116 Å². The molecule has 1 aliphatic carbocycles. The smallest absolute Gasteiger partial charge is 0.0544 e. The molecule has 1 saturated heterocycles. The second-order valence-corrected chi connectivity index (χ2v) is 6.09. The lowest BCUT2D eigenvalue weighted by atomic mass is 9.78. The summed E-state index contributed by atoms with van der Waals surface area (Å²) in [5.74, 6) is 0.950. The summed E-state index contributed by atoms with van der Waals surface area (Å²) in [4.78, 5) is 7.24. The predicted molar refractivity (Wildman–Crippen MR) is 77.5 cm³/mol. The number of hydrogen-bond acceptors (Lipinski definition) is 3. The first-order valence-corrected chi connectivity index (χ1v) is 7.75. The van der Waals surface area contributed by atoms with Crippen LogP contribution >= 0.6 is 0 Å². The van der Waals surface area contributed by atoms with Gasteiger partial charge in [0.2, 0.25) is 0 Å². The molecule has 1 saturated carbocycles. The van der Waals surface area contributed by atoms with Crippen LogP contribution in [0.25, 0.3) is 0 Å². The van der Waals surface area contributed by atoms with E-state index in [1.165, 1.54) is 50.8 Å². The molecule has 3 rings (SSSR count). The third-order valence-corrected chi connectivity index (χ3v) is 4.84. The molecule has 0 radical (unpaired) electrons. The molecule has 0 unspecified atom stereocenters. The van der Waals surface area contributed by atoms with Crippen molar-refractivity contribution in [3.05, 3.63) is 29.6 Å². The first-order chi connectivity index (χ1) is 9.36. The van der Waals surface area contributed by atoms with Gasteiger partial charge in [-0.15, -0.1) is 0 Å². The first kappa shape index (κ1) is 13.1. The number of hydrogen-bond donors (Lipinski definition) is 1.